The first-order valence-corrected chi connectivity index (χ1v) is 6.15. The minimum Gasteiger partial charge on any atom is -0.345 e. The Morgan fingerprint density at radius 3 is 2.88 bits per heavy atom. The number of rotatable bonds is 3. The number of nitrogens with one attached hydrogen (secondary N) is 1. The van der Waals surface area contributed by atoms with Crippen molar-refractivity contribution in [1.29, 1.82) is 0 Å². The summed E-state index contributed by atoms with van der Waals surface area (Å²) < 4.78 is 0. The minimum absolute atomic E-state index is 0.0471. The molecule has 5 nitrogen and oxygen atoms in total. The van der Waals surface area contributed by atoms with Gasteiger partial charge >= 0.3 is 0 Å². The first kappa shape index (κ1) is 12.1. The van der Waals surface area contributed by atoms with E-state index in [1.807, 2.05) is 31.9 Å². The van der Waals surface area contributed by atoms with E-state index in [9.17, 15) is 4.79 Å². The van der Waals surface area contributed by atoms with E-state index in [0.717, 1.165) is 37.7 Å². The van der Waals surface area contributed by atoms with Gasteiger partial charge in [0.1, 0.15) is 5.82 Å². The average molecular weight is 236 g/mol. The molecule has 1 fully saturated rings. The number of amides is 1. The molecule has 0 aromatic carbocycles. The Kier molecular flexibility index (Phi) is 3.47. The number of likely N-dealkylation sites (N-methyl/N-ethyl adjacent to an activating group) is 1. The monoisotopic (exact) mass is 236 g/mol. The Hall–Kier alpha value is -1.36. The molecule has 1 atom stereocenters. The SMILES string of the molecule is CCN1CCN(Cc2ncc(C)[nH]2)C(C)C1=O. The van der Waals surface area contributed by atoms with Crippen LogP contribution in [0.1, 0.15) is 25.4 Å². The van der Waals surface area contributed by atoms with Crippen LogP contribution in [0.3, 0.4) is 0 Å². The average Bonchev–Trinajstić information content (AvgIpc) is 2.71. The van der Waals surface area contributed by atoms with Crippen LogP contribution in [0.25, 0.3) is 0 Å². The van der Waals surface area contributed by atoms with E-state index < -0.39 is 0 Å². The minimum atomic E-state index is -0.0471. The standard InChI is InChI=1S/C12H20N4O/c1-4-15-5-6-16(10(3)12(15)17)8-11-13-7-9(2)14-11/h7,10H,4-6,8H2,1-3H3,(H,13,14). The van der Waals surface area contributed by atoms with Gasteiger partial charge in [-0.1, -0.05) is 0 Å². The number of aromatic nitrogens is 2. The highest BCUT2D eigenvalue weighted by Gasteiger charge is 2.30. The lowest BCUT2D eigenvalue weighted by Gasteiger charge is -2.38. The molecule has 0 aliphatic carbocycles. The van der Waals surface area contributed by atoms with E-state index in [0.29, 0.717) is 0 Å². The molecule has 0 spiro atoms. The molecule has 5 heteroatoms. The Balaban J connectivity index is 2.01. The lowest BCUT2D eigenvalue weighted by molar-refractivity contribution is -0.141. The van der Waals surface area contributed by atoms with E-state index in [1.165, 1.54) is 0 Å². The van der Waals surface area contributed by atoms with E-state index in [4.69, 9.17) is 0 Å². The zero-order valence-corrected chi connectivity index (χ0v) is 10.7. The normalized spacial score (nSPS) is 22.2. The van der Waals surface area contributed by atoms with Crippen molar-refractivity contribution in [3.05, 3.63) is 17.7 Å². The zero-order valence-electron chi connectivity index (χ0n) is 10.7. The molecular formula is C12H20N4O. The molecule has 17 heavy (non-hydrogen) atoms. The van der Waals surface area contributed by atoms with Crippen LogP contribution in [0.4, 0.5) is 0 Å². The molecule has 1 aliphatic heterocycles. The summed E-state index contributed by atoms with van der Waals surface area (Å²) in [6.45, 7) is 9.24. The number of hydrogen-bond donors (Lipinski definition) is 1. The molecule has 1 aromatic rings. The van der Waals surface area contributed by atoms with Gasteiger partial charge in [0.25, 0.3) is 0 Å². The van der Waals surface area contributed by atoms with E-state index in [-0.39, 0.29) is 11.9 Å². The highest BCUT2D eigenvalue weighted by molar-refractivity contribution is 5.82. The third-order valence-electron chi connectivity index (χ3n) is 3.36. The van der Waals surface area contributed by atoms with Crippen molar-refractivity contribution >= 4 is 5.91 Å². The maximum atomic E-state index is 12.0. The second kappa shape index (κ2) is 4.87. The zero-order chi connectivity index (χ0) is 12.4. The van der Waals surface area contributed by atoms with Crippen LogP contribution in [0.15, 0.2) is 6.20 Å². The lowest BCUT2D eigenvalue weighted by Crippen LogP contribution is -2.55. The number of hydrogen-bond acceptors (Lipinski definition) is 3. The Labute approximate surface area is 102 Å². The molecule has 1 saturated heterocycles. The van der Waals surface area contributed by atoms with Crippen LogP contribution in [0, 0.1) is 6.92 Å². The number of aromatic amines is 1. The number of carbonyl (C=O) groups is 1. The van der Waals surface area contributed by atoms with Crippen molar-refractivity contribution in [3.63, 3.8) is 0 Å². The summed E-state index contributed by atoms with van der Waals surface area (Å²) in [7, 11) is 0. The number of H-pyrrole nitrogens is 1. The fourth-order valence-corrected chi connectivity index (χ4v) is 2.24. The molecule has 2 rings (SSSR count). The maximum absolute atomic E-state index is 12.0. The molecular weight excluding hydrogens is 216 g/mol. The van der Waals surface area contributed by atoms with Crippen LogP contribution in [0.2, 0.25) is 0 Å². The fourth-order valence-electron chi connectivity index (χ4n) is 2.24. The summed E-state index contributed by atoms with van der Waals surface area (Å²) in [5.74, 6) is 1.16. The van der Waals surface area contributed by atoms with Crippen molar-refractivity contribution < 1.29 is 4.79 Å². The molecule has 0 bridgehead atoms. The van der Waals surface area contributed by atoms with Gasteiger partial charge < -0.3 is 9.88 Å². The van der Waals surface area contributed by atoms with Gasteiger partial charge in [-0.3, -0.25) is 9.69 Å². The quantitative estimate of drug-likeness (QED) is 0.843. The van der Waals surface area contributed by atoms with Gasteiger partial charge in [-0.05, 0) is 20.8 Å². The molecule has 0 radical (unpaired) electrons. The molecule has 1 aromatic heterocycles. The van der Waals surface area contributed by atoms with Crippen LogP contribution < -0.4 is 0 Å². The molecule has 1 aliphatic rings. The van der Waals surface area contributed by atoms with E-state index in [2.05, 4.69) is 14.9 Å². The van der Waals surface area contributed by atoms with Crippen LogP contribution in [0.5, 0.6) is 0 Å². The number of nitrogens with zero attached hydrogens (tertiary/aromatic N) is 3. The van der Waals surface area contributed by atoms with Gasteiger partial charge in [-0.25, -0.2) is 4.98 Å². The van der Waals surface area contributed by atoms with Crippen LogP contribution >= 0.6 is 0 Å². The van der Waals surface area contributed by atoms with Crippen LogP contribution in [-0.4, -0.2) is 51.4 Å². The molecule has 2 heterocycles. The number of piperazine rings is 1. The molecule has 1 amide bonds. The molecule has 0 saturated carbocycles. The highest BCUT2D eigenvalue weighted by Crippen LogP contribution is 2.13. The first-order chi connectivity index (χ1) is 8.11. The predicted octanol–water partition coefficient (Wildman–Crippen LogP) is 0.771. The van der Waals surface area contributed by atoms with E-state index >= 15 is 0 Å². The third kappa shape index (κ3) is 2.49. The van der Waals surface area contributed by atoms with Crippen LogP contribution in [-0.2, 0) is 11.3 Å². The maximum Gasteiger partial charge on any atom is 0.239 e. The number of carbonyl (C=O) groups excluding carboxylic acids is 1. The Morgan fingerprint density at radius 2 is 2.29 bits per heavy atom. The van der Waals surface area contributed by atoms with Crippen molar-refractivity contribution in [1.82, 2.24) is 19.8 Å². The lowest BCUT2D eigenvalue weighted by atomic mass is 10.1. The second-order valence-electron chi connectivity index (χ2n) is 4.58. The predicted molar refractivity (Wildman–Crippen MR) is 65.5 cm³/mol. The number of imidazole rings is 1. The third-order valence-corrected chi connectivity index (χ3v) is 3.36. The smallest absolute Gasteiger partial charge is 0.239 e. The second-order valence-corrected chi connectivity index (χ2v) is 4.58. The molecule has 1 N–H and O–H groups in total. The van der Waals surface area contributed by atoms with Gasteiger partial charge in [-0.15, -0.1) is 0 Å². The summed E-state index contributed by atoms with van der Waals surface area (Å²) in [5, 5.41) is 0. The van der Waals surface area contributed by atoms with Crippen molar-refractivity contribution in [2.24, 2.45) is 0 Å². The Bertz CT molecular complexity index is 401. The first-order valence-electron chi connectivity index (χ1n) is 6.15. The largest absolute Gasteiger partial charge is 0.345 e. The molecule has 1 unspecified atom stereocenters. The van der Waals surface area contributed by atoms with Gasteiger partial charge in [0.15, 0.2) is 0 Å². The summed E-state index contributed by atoms with van der Waals surface area (Å²) in [6.07, 6.45) is 1.82. The summed E-state index contributed by atoms with van der Waals surface area (Å²) in [4.78, 5) is 23.6. The number of aryl methyl sites for hydroxylation is 1. The summed E-state index contributed by atoms with van der Waals surface area (Å²) in [6, 6.07) is -0.0471. The van der Waals surface area contributed by atoms with Crippen molar-refractivity contribution in [3.8, 4) is 0 Å². The highest BCUT2D eigenvalue weighted by atomic mass is 16.2. The summed E-state index contributed by atoms with van der Waals surface area (Å²) in [5.41, 5.74) is 1.06. The fraction of sp³-hybridized carbons (Fsp3) is 0.667. The molecule has 94 valence electrons. The summed E-state index contributed by atoms with van der Waals surface area (Å²) >= 11 is 0. The Morgan fingerprint density at radius 1 is 1.53 bits per heavy atom. The van der Waals surface area contributed by atoms with Crippen molar-refractivity contribution in [2.75, 3.05) is 19.6 Å². The van der Waals surface area contributed by atoms with E-state index in [1.54, 1.807) is 0 Å². The van der Waals surface area contributed by atoms with Crippen molar-refractivity contribution in [2.45, 2.75) is 33.4 Å². The van der Waals surface area contributed by atoms with Gasteiger partial charge in [0, 0.05) is 31.5 Å². The van der Waals surface area contributed by atoms with Gasteiger partial charge in [-0.2, -0.15) is 0 Å². The topological polar surface area (TPSA) is 52.2 Å². The van der Waals surface area contributed by atoms with Gasteiger partial charge in [0.05, 0.1) is 12.6 Å². The van der Waals surface area contributed by atoms with Gasteiger partial charge in [0.2, 0.25) is 5.91 Å².